The molecule has 0 radical (unpaired) electrons. The van der Waals surface area contributed by atoms with E-state index in [2.05, 4.69) is 5.32 Å². The zero-order chi connectivity index (χ0) is 18.1. The molecule has 0 unspecified atom stereocenters. The summed E-state index contributed by atoms with van der Waals surface area (Å²) in [6.45, 7) is -0.301. The normalized spacial score (nSPS) is 31.3. The second kappa shape index (κ2) is 6.75. The SMILES string of the molecule is N#Cc1ccccc1NC(=O)COC(=O)CC12CC3CC(CC(C3)C1)C2. The minimum absolute atomic E-state index is 0.121. The zero-order valence-corrected chi connectivity index (χ0v) is 14.9. The summed E-state index contributed by atoms with van der Waals surface area (Å²) in [5, 5.41) is 11.7. The van der Waals surface area contributed by atoms with Gasteiger partial charge in [0.25, 0.3) is 5.91 Å². The summed E-state index contributed by atoms with van der Waals surface area (Å²) in [5.74, 6) is 1.70. The van der Waals surface area contributed by atoms with Gasteiger partial charge in [-0.05, 0) is 73.8 Å². The van der Waals surface area contributed by atoms with E-state index in [1.165, 1.54) is 19.3 Å². The number of nitriles is 1. The number of hydrogen-bond acceptors (Lipinski definition) is 4. The predicted octanol–water partition coefficient (Wildman–Crippen LogP) is 3.65. The van der Waals surface area contributed by atoms with Crippen molar-refractivity contribution in [3.8, 4) is 6.07 Å². The number of amides is 1. The minimum atomic E-state index is -0.411. The maximum atomic E-state index is 12.4. The van der Waals surface area contributed by atoms with Crippen molar-refractivity contribution >= 4 is 17.6 Å². The Hall–Kier alpha value is -2.35. The Morgan fingerprint density at radius 1 is 1.12 bits per heavy atom. The van der Waals surface area contributed by atoms with Crippen molar-refractivity contribution in [1.29, 1.82) is 5.26 Å². The van der Waals surface area contributed by atoms with Crippen LogP contribution in [0.3, 0.4) is 0 Å². The summed E-state index contributed by atoms with van der Waals surface area (Å²) in [6, 6.07) is 8.80. The molecule has 4 bridgehead atoms. The molecule has 0 heterocycles. The largest absolute Gasteiger partial charge is 0.456 e. The predicted molar refractivity (Wildman–Crippen MR) is 96.0 cm³/mol. The number of ether oxygens (including phenoxy) is 1. The first-order valence-corrected chi connectivity index (χ1v) is 9.50. The first-order chi connectivity index (χ1) is 12.5. The minimum Gasteiger partial charge on any atom is -0.456 e. The van der Waals surface area contributed by atoms with Crippen molar-refractivity contribution in [2.75, 3.05) is 11.9 Å². The van der Waals surface area contributed by atoms with Crippen LogP contribution in [0.1, 0.15) is 50.5 Å². The molecule has 4 saturated carbocycles. The van der Waals surface area contributed by atoms with Gasteiger partial charge in [0.15, 0.2) is 6.61 Å². The summed E-state index contributed by atoms with van der Waals surface area (Å²) < 4.78 is 5.25. The maximum absolute atomic E-state index is 12.4. The van der Waals surface area contributed by atoms with Crippen LogP contribution in [0.4, 0.5) is 5.69 Å². The molecule has 5 nitrogen and oxygen atoms in total. The number of hydrogen-bond donors (Lipinski definition) is 1. The van der Waals surface area contributed by atoms with Gasteiger partial charge >= 0.3 is 5.97 Å². The molecule has 4 aliphatic carbocycles. The Balaban J connectivity index is 1.29. The number of benzene rings is 1. The molecule has 5 heteroatoms. The number of para-hydroxylation sites is 1. The van der Waals surface area contributed by atoms with Crippen LogP contribution < -0.4 is 5.32 Å². The second-order valence-electron chi connectivity index (χ2n) is 8.46. The highest BCUT2D eigenvalue weighted by molar-refractivity contribution is 5.94. The van der Waals surface area contributed by atoms with E-state index >= 15 is 0 Å². The summed E-state index contributed by atoms with van der Waals surface area (Å²) in [6.07, 6.45) is 7.92. The van der Waals surface area contributed by atoms with Gasteiger partial charge in [-0.1, -0.05) is 12.1 Å². The third kappa shape index (κ3) is 3.46. The Bertz CT molecular complexity index is 729. The average molecular weight is 352 g/mol. The van der Waals surface area contributed by atoms with Crippen molar-refractivity contribution in [1.82, 2.24) is 0 Å². The summed E-state index contributed by atoms with van der Waals surface area (Å²) in [4.78, 5) is 24.4. The fraction of sp³-hybridized carbons (Fsp3) is 0.571. The molecule has 4 aliphatic rings. The smallest absolute Gasteiger partial charge is 0.306 e. The number of anilines is 1. The van der Waals surface area contributed by atoms with Crippen LogP contribution >= 0.6 is 0 Å². The molecule has 1 aromatic carbocycles. The highest BCUT2D eigenvalue weighted by Gasteiger charge is 2.51. The van der Waals surface area contributed by atoms with Crippen molar-refractivity contribution < 1.29 is 14.3 Å². The lowest BCUT2D eigenvalue weighted by Crippen LogP contribution is -2.47. The molecule has 0 aliphatic heterocycles. The van der Waals surface area contributed by atoms with Gasteiger partial charge in [0.05, 0.1) is 17.7 Å². The Morgan fingerprint density at radius 3 is 2.35 bits per heavy atom. The van der Waals surface area contributed by atoms with Crippen molar-refractivity contribution in [3.63, 3.8) is 0 Å². The van der Waals surface area contributed by atoms with Crippen LogP contribution in [-0.4, -0.2) is 18.5 Å². The van der Waals surface area contributed by atoms with E-state index in [4.69, 9.17) is 10.00 Å². The van der Waals surface area contributed by atoms with E-state index < -0.39 is 5.91 Å². The van der Waals surface area contributed by atoms with Crippen LogP contribution in [0.25, 0.3) is 0 Å². The molecule has 1 aromatic rings. The highest BCUT2D eigenvalue weighted by atomic mass is 16.5. The zero-order valence-electron chi connectivity index (χ0n) is 14.9. The van der Waals surface area contributed by atoms with Crippen LogP contribution in [0.2, 0.25) is 0 Å². The lowest BCUT2D eigenvalue weighted by atomic mass is 9.49. The van der Waals surface area contributed by atoms with Crippen molar-refractivity contribution in [2.24, 2.45) is 23.2 Å². The first-order valence-electron chi connectivity index (χ1n) is 9.50. The van der Waals surface area contributed by atoms with Crippen molar-refractivity contribution in [3.05, 3.63) is 29.8 Å². The van der Waals surface area contributed by atoms with E-state index in [1.54, 1.807) is 24.3 Å². The number of esters is 1. The highest BCUT2D eigenvalue weighted by Crippen LogP contribution is 2.61. The molecular formula is C21H24N2O3. The van der Waals surface area contributed by atoms with E-state index in [0.29, 0.717) is 17.7 Å². The maximum Gasteiger partial charge on any atom is 0.306 e. The van der Waals surface area contributed by atoms with Crippen LogP contribution in [0, 0.1) is 34.5 Å². The van der Waals surface area contributed by atoms with E-state index in [0.717, 1.165) is 37.0 Å². The number of rotatable bonds is 5. The molecule has 5 rings (SSSR count). The van der Waals surface area contributed by atoms with Gasteiger partial charge in [0.2, 0.25) is 0 Å². The van der Waals surface area contributed by atoms with Gasteiger partial charge in [-0.2, -0.15) is 5.26 Å². The Morgan fingerprint density at radius 2 is 1.73 bits per heavy atom. The lowest BCUT2D eigenvalue weighted by molar-refractivity contribution is -0.154. The van der Waals surface area contributed by atoms with Crippen LogP contribution in [-0.2, 0) is 14.3 Å². The molecule has 136 valence electrons. The molecule has 26 heavy (non-hydrogen) atoms. The fourth-order valence-electron chi connectivity index (χ4n) is 5.89. The van der Waals surface area contributed by atoms with E-state index in [-0.39, 0.29) is 18.0 Å². The average Bonchev–Trinajstić information content (AvgIpc) is 2.59. The summed E-state index contributed by atoms with van der Waals surface area (Å²) in [5.41, 5.74) is 0.952. The molecule has 1 N–H and O–H groups in total. The molecule has 4 fully saturated rings. The monoisotopic (exact) mass is 352 g/mol. The second-order valence-corrected chi connectivity index (χ2v) is 8.46. The molecule has 1 amide bonds. The fourth-order valence-corrected chi connectivity index (χ4v) is 5.89. The van der Waals surface area contributed by atoms with Crippen molar-refractivity contribution in [2.45, 2.75) is 44.9 Å². The number of carbonyl (C=O) groups excluding carboxylic acids is 2. The standard InChI is InChI=1S/C21H24N2O3/c22-12-17-3-1-2-4-18(17)23-19(24)13-26-20(25)11-21-8-14-5-15(9-21)7-16(6-14)10-21/h1-4,14-16H,5-11,13H2,(H,23,24). The molecular weight excluding hydrogens is 328 g/mol. The van der Waals surface area contributed by atoms with E-state index in [1.807, 2.05) is 6.07 Å². The number of nitrogens with zero attached hydrogens (tertiary/aromatic N) is 1. The molecule has 0 saturated heterocycles. The summed E-state index contributed by atoms with van der Waals surface area (Å²) in [7, 11) is 0. The van der Waals surface area contributed by atoms with Gasteiger partial charge in [-0.3, -0.25) is 9.59 Å². The quantitative estimate of drug-likeness (QED) is 0.821. The van der Waals surface area contributed by atoms with Crippen LogP contribution in [0.15, 0.2) is 24.3 Å². The third-order valence-corrected chi connectivity index (χ3v) is 6.37. The van der Waals surface area contributed by atoms with Gasteiger partial charge in [-0.15, -0.1) is 0 Å². The van der Waals surface area contributed by atoms with Crippen LogP contribution in [0.5, 0.6) is 0 Å². The summed E-state index contributed by atoms with van der Waals surface area (Å²) >= 11 is 0. The van der Waals surface area contributed by atoms with E-state index in [9.17, 15) is 9.59 Å². The Kier molecular flexibility index (Phi) is 4.44. The molecule has 0 aromatic heterocycles. The third-order valence-electron chi connectivity index (χ3n) is 6.37. The number of carbonyl (C=O) groups is 2. The number of nitrogens with one attached hydrogen (secondary N) is 1. The molecule has 0 atom stereocenters. The van der Waals surface area contributed by atoms with Gasteiger partial charge < -0.3 is 10.1 Å². The molecule has 0 spiro atoms. The topological polar surface area (TPSA) is 79.2 Å². The van der Waals surface area contributed by atoms with Gasteiger partial charge in [-0.25, -0.2) is 0 Å². The van der Waals surface area contributed by atoms with Gasteiger partial charge in [0, 0.05) is 0 Å². The van der Waals surface area contributed by atoms with Gasteiger partial charge in [0.1, 0.15) is 6.07 Å². The lowest BCUT2D eigenvalue weighted by Gasteiger charge is -2.56. The first kappa shape index (κ1) is 17.1. The Labute approximate surface area is 153 Å².